The number of carboxylic acids is 1. The summed E-state index contributed by atoms with van der Waals surface area (Å²) in [7, 11) is 0. The molecule has 0 saturated heterocycles. The number of benzene rings is 2. The van der Waals surface area contributed by atoms with Crippen molar-refractivity contribution in [2.24, 2.45) is 4.99 Å². The Morgan fingerprint density at radius 3 is 2.48 bits per heavy atom. The number of carbonyl (C=O) groups is 1. The molecule has 2 aromatic carbocycles. The van der Waals surface area contributed by atoms with Gasteiger partial charge in [-0.1, -0.05) is 36.4 Å². The molecule has 5 rings (SSSR count). The van der Waals surface area contributed by atoms with Gasteiger partial charge in [0.25, 0.3) is 0 Å². The van der Waals surface area contributed by atoms with E-state index in [0.29, 0.717) is 11.6 Å². The van der Waals surface area contributed by atoms with Crippen molar-refractivity contribution in [2.75, 3.05) is 0 Å². The maximum atomic E-state index is 13.7. The number of nitrogens with zero attached hydrogens (tertiary/aromatic N) is 4. The summed E-state index contributed by atoms with van der Waals surface area (Å²) < 4.78 is 15.6. The molecule has 2 aromatic heterocycles. The highest BCUT2D eigenvalue weighted by Gasteiger charge is 2.32. The van der Waals surface area contributed by atoms with E-state index < -0.39 is 12.0 Å². The summed E-state index contributed by atoms with van der Waals surface area (Å²) in [6.07, 6.45) is -0.185. The van der Waals surface area contributed by atoms with Gasteiger partial charge >= 0.3 is 5.97 Å². The van der Waals surface area contributed by atoms with Crippen LogP contribution in [0.15, 0.2) is 53.5 Å². The highest BCUT2D eigenvalue weighted by atomic mass is 32.1. The average Bonchev–Trinajstić information content (AvgIpc) is 3.26. The zero-order valence-electron chi connectivity index (χ0n) is 18.3. The van der Waals surface area contributed by atoms with Gasteiger partial charge in [0.2, 0.25) is 0 Å². The summed E-state index contributed by atoms with van der Waals surface area (Å²) in [5.41, 5.74) is 5.34. The van der Waals surface area contributed by atoms with E-state index in [1.54, 1.807) is 17.4 Å². The lowest BCUT2D eigenvalue weighted by atomic mass is 9.97. The first kappa shape index (κ1) is 21.2. The SMILES string of the molecule is Cc1sc2c(c1C)C(c1ccc(-c3cccc(F)c3)cc1)=N[C@@H](CC(=O)O)c1nnc(C)n1-2. The summed E-state index contributed by atoms with van der Waals surface area (Å²) in [4.78, 5) is 17.7. The molecule has 1 atom stereocenters. The minimum Gasteiger partial charge on any atom is -0.481 e. The molecule has 0 radical (unpaired) electrons. The van der Waals surface area contributed by atoms with Gasteiger partial charge in [-0.15, -0.1) is 21.5 Å². The van der Waals surface area contributed by atoms with E-state index in [1.165, 1.54) is 12.1 Å². The predicted molar refractivity (Wildman–Crippen MR) is 126 cm³/mol. The first-order chi connectivity index (χ1) is 15.8. The van der Waals surface area contributed by atoms with E-state index in [0.717, 1.165) is 43.4 Å². The van der Waals surface area contributed by atoms with Gasteiger partial charge < -0.3 is 5.11 Å². The molecule has 0 bridgehead atoms. The highest BCUT2D eigenvalue weighted by Crippen LogP contribution is 2.39. The van der Waals surface area contributed by atoms with Crippen molar-refractivity contribution < 1.29 is 14.3 Å². The van der Waals surface area contributed by atoms with Crippen LogP contribution in [-0.2, 0) is 4.79 Å². The van der Waals surface area contributed by atoms with Gasteiger partial charge in [0, 0.05) is 16.0 Å². The Labute approximate surface area is 194 Å². The smallest absolute Gasteiger partial charge is 0.306 e. The first-order valence-corrected chi connectivity index (χ1v) is 11.3. The van der Waals surface area contributed by atoms with Gasteiger partial charge in [0.15, 0.2) is 5.82 Å². The van der Waals surface area contributed by atoms with Crippen LogP contribution in [-0.4, -0.2) is 31.6 Å². The van der Waals surface area contributed by atoms with Gasteiger partial charge in [0.1, 0.15) is 22.7 Å². The summed E-state index contributed by atoms with van der Waals surface area (Å²) in [5, 5.41) is 19.0. The fourth-order valence-electron chi connectivity index (χ4n) is 4.18. The minimum atomic E-state index is -0.949. The van der Waals surface area contributed by atoms with Crippen molar-refractivity contribution in [3.05, 3.63) is 87.6 Å². The number of aliphatic imine (C=N–C) groups is 1. The zero-order valence-corrected chi connectivity index (χ0v) is 19.2. The quantitative estimate of drug-likeness (QED) is 0.441. The lowest BCUT2D eigenvalue weighted by Crippen LogP contribution is -2.10. The van der Waals surface area contributed by atoms with Crippen molar-refractivity contribution in [3.63, 3.8) is 0 Å². The molecule has 1 N–H and O–H groups in total. The second kappa shape index (κ2) is 8.04. The van der Waals surface area contributed by atoms with E-state index >= 15 is 0 Å². The first-order valence-electron chi connectivity index (χ1n) is 10.5. The van der Waals surface area contributed by atoms with Gasteiger partial charge in [-0.05, 0) is 49.6 Å². The van der Waals surface area contributed by atoms with E-state index in [9.17, 15) is 14.3 Å². The lowest BCUT2D eigenvalue weighted by Gasteiger charge is -2.11. The second-order valence-corrected chi connectivity index (χ2v) is 9.29. The van der Waals surface area contributed by atoms with Crippen LogP contribution in [0.4, 0.5) is 4.39 Å². The standard InChI is InChI=1S/C25H21FN4O2S/c1-13-14(2)33-25-22(13)23(27-20(12-21(31)32)24-29-28-15(3)30(24)25)17-9-7-16(8-10-17)18-5-4-6-19(26)11-18/h4-11,20H,12H2,1-3H3,(H,31,32)/t20-/m0/s1. The molecule has 1 aliphatic heterocycles. The second-order valence-electron chi connectivity index (χ2n) is 8.08. The fraction of sp³-hybridized carbons (Fsp3) is 0.200. The molecular formula is C25H21FN4O2S. The van der Waals surface area contributed by atoms with Gasteiger partial charge in [-0.2, -0.15) is 0 Å². The molecule has 6 nitrogen and oxygen atoms in total. The van der Waals surface area contributed by atoms with Crippen LogP contribution >= 0.6 is 11.3 Å². The Balaban J connectivity index is 1.69. The average molecular weight is 461 g/mol. The van der Waals surface area contributed by atoms with Crippen LogP contribution in [0.1, 0.15) is 45.7 Å². The molecular weight excluding hydrogens is 439 g/mol. The third-order valence-electron chi connectivity index (χ3n) is 5.92. The summed E-state index contributed by atoms with van der Waals surface area (Å²) >= 11 is 1.63. The van der Waals surface area contributed by atoms with Gasteiger partial charge in [-0.3, -0.25) is 14.4 Å². The molecule has 0 unspecified atom stereocenters. The Morgan fingerprint density at radius 1 is 1.06 bits per heavy atom. The van der Waals surface area contributed by atoms with Crippen LogP contribution in [0.2, 0.25) is 0 Å². The van der Waals surface area contributed by atoms with E-state index in [1.807, 2.05) is 41.8 Å². The Morgan fingerprint density at radius 2 is 1.79 bits per heavy atom. The number of halogens is 1. The number of hydrogen-bond donors (Lipinski definition) is 1. The van der Waals surface area contributed by atoms with Crippen LogP contribution in [0.5, 0.6) is 0 Å². The van der Waals surface area contributed by atoms with Crippen molar-refractivity contribution in [1.29, 1.82) is 0 Å². The zero-order chi connectivity index (χ0) is 23.3. The normalized spacial score (nSPS) is 14.9. The topological polar surface area (TPSA) is 80.4 Å². The number of hydrogen-bond acceptors (Lipinski definition) is 5. The maximum Gasteiger partial charge on any atom is 0.306 e. The predicted octanol–water partition coefficient (Wildman–Crippen LogP) is 5.43. The number of thiophene rings is 1. The molecule has 0 spiro atoms. The Hall–Kier alpha value is -3.65. The van der Waals surface area contributed by atoms with Crippen molar-refractivity contribution in [3.8, 4) is 16.1 Å². The van der Waals surface area contributed by atoms with Crippen LogP contribution < -0.4 is 0 Å². The summed E-state index contributed by atoms with van der Waals surface area (Å²) in [6.45, 7) is 5.98. The molecule has 0 aliphatic carbocycles. The molecule has 1 aliphatic rings. The highest BCUT2D eigenvalue weighted by molar-refractivity contribution is 7.15. The van der Waals surface area contributed by atoms with Gasteiger partial charge in [-0.25, -0.2) is 4.39 Å². The fourth-order valence-corrected chi connectivity index (χ4v) is 5.39. The minimum absolute atomic E-state index is 0.185. The maximum absolute atomic E-state index is 13.7. The molecule has 33 heavy (non-hydrogen) atoms. The Kier molecular flexibility index (Phi) is 5.17. The van der Waals surface area contributed by atoms with Crippen molar-refractivity contribution in [2.45, 2.75) is 33.2 Å². The molecule has 4 aromatic rings. The third kappa shape index (κ3) is 3.66. The lowest BCUT2D eigenvalue weighted by molar-refractivity contribution is -0.137. The van der Waals surface area contributed by atoms with Gasteiger partial charge in [0.05, 0.1) is 12.1 Å². The number of aliphatic carboxylic acids is 1. The van der Waals surface area contributed by atoms with E-state index in [2.05, 4.69) is 24.0 Å². The van der Waals surface area contributed by atoms with Crippen LogP contribution in [0.25, 0.3) is 16.1 Å². The number of rotatable bonds is 4. The van der Waals surface area contributed by atoms with Crippen molar-refractivity contribution >= 4 is 23.0 Å². The monoisotopic (exact) mass is 460 g/mol. The van der Waals surface area contributed by atoms with Crippen LogP contribution in [0, 0.1) is 26.6 Å². The van der Waals surface area contributed by atoms with E-state index in [-0.39, 0.29) is 12.2 Å². The molecule has 166 valence electrons. The van der Waals surface area contributed by atoms with Crippen molar-refractivity contribution in [1.82, 2.24) is 14.8 Å². The molecule has 3 heterocycles. The largest absolute Gasteiger partial charge is 0.481 e. The number of fused-ring (bicyclic) bond motifs is 3. The number of aromatic nitrogens is 3. The molecule has 0 fully saturated rings. The summed E-state index contributed by atoms with van der Waals surface area (Å²) in [6, 6.07) is 13.6. The van der Waals surface area contributed by atoms with E-state index in [4.69, 9.17) is 4.99 Å². The number of carboxylic acid groups (broad SMARTS) is 1. The van der Waals surface area contributed by atoms with Crippen LogP contribution in [0.3, 0.4) is 0 Å². The molecule has 0 saturated carbocycles. The third-order valence-corrected chi connectivity index (χ3v) is 7.12. The molecule has 8 heteroatoms. The summed E-state index contributed by atoms with van der Waals surface area (Å²) in [5.74, 6) is -0.00636. The Bertz CT molecular complexity index is 1420. The number of aryl methyl sites for hydroxylation is 2. The molecule has 0 amide bonds.